The number of aromatic nitrogens is 2. The van der Waals surface area contributed by atoms with Crippen molar-refractivity contribution in [2.75, 3.05) is 5.32 Å². The van der Waals surface area contributed by atoms with E-state index >= 15 is 0 Å². The number of benzene rings is 1. The predicted octanol–water partition coefficient (Wildman–Crippen LogP) is 4.16. The molecule has 112 valence electrons. The lowest BCUT2D eigenvalue weighted by Crippen LogP contribution is -2.29. The van der Waals surface area contributed by atoms with Crippen molar-refractivity contribution < 1.29 is 4.79 Å². The zero-order chi connectivity index (χ0) is 15.5. The van der Waals surface area contributed by atoms with Crippen LogP contribution in [0.25, 0.3) is 0 Å². The monoisotopic (exact) mass is 323 g/mol. The third kappa shape index (κ3) is 4.25. The number of carbonyl (C=O) groups is 1. The molecule has 2 aromatic rings. The molecular formula is C15H18ClN3OS. The Bertz CT molecular complexity index is 622. The number of amides is 1. The molecule has 0 fully saturated rings. The quantitative estimate of drug-likeness (QED) is 0.899. The first kappa shape index (κ1) is 15.9. The van der Waals surface area contributed by atoms with E-state index in [4.69, 9.17) is 11.6 Å². The van der Waals surface area contributed by atoms with Crippen LogP contribution in [0, 0.1) is 5.41 Å². The maximum atomic E-state index is 12.1. The van der Waals surface area contributed by atoms with Gasteiger partial charge in [-0.15, -0.1) is 10.2 Å². The minimum Gasteiger partial charge on any atom is -0.300 e. The molecule has 2 rings (SSSR count). The van der Waals surface area contributed by atoms with E-state index in [-0.39, 0.29) is 5.91 Å². The molecule has 6 heteroatoms. The van der Waals surface area contributed by atoms with Crippen molar-refractivity contribution in [1.82, 2.24) is 10.2 Å². The van der Waals surface area contributed by atoms with Crippen LogP contribution in [0.3, 0.4) is 0 Å². The van der Waals surface area contributed by atoms with Gasteiger partial charge in [-0.3, -0.25) is 4.79 Å². The third-order valence-electron chi connectivity index (χ3n) is 3.45. The van der Waals surface area contributed by atoms with Gasteiger partial charge in [-0.05, 0) is 24.1 Å². The Morgan fingerprint density at radius 1 is 1.29 bits per heavy atom. The van der Waals surface area contributed by atoms with Crippen LogP contribution in [0.5, 0.6) is 0 Å². The fourth-order valence-corrected chi connectivity index (χ4v) is 2.47. The molecule has 0 aliphatic carbocycles. The van der Waals surface area contributed by atoms with E-state index in [0.29, 0.717) is 16.6 Å². The van der Waals surface area contributed by atoms with Crippen molar-refractivity contribution in [1.29, 1.82) is 0 Å². The summed E-state index contributed by atoms with van der Waals surface area (Å²) in [6.07, 6.45) is 1.46. The van der Waals surface area contributed by atoms with Crippen LogP contribution in [-0.2, 0) is 11.2 Å². The van der Waals surface area contributed by atoms with Crippen molar-refractivity contribution >= 4 is 34.0 Å². The Balaban J connectivity index is 2.01. The molecule has 1 aromatic heterocycles. The molecule has 0 saturated heterocycles. The average Bonchev–Trinajstić information content (AvgIpc) is 2.88. The molecular weight excluding hydrogens is 306 g/mol. The molecule has 0 unspecified atom stereocenters. The van der Waals surface area contributed by atoms with Gasteiger partial charge in [0, 0.05) is 16.9 Å². The van der Waals surface area contributed by atoms with Gasteiger partial charge in [0.15, 0.2) is 0 Å². The van der Waals surface area contributed by atoms with Crippen LogP contribution in [0.2, 0.25) is 5.02 Å². The molecule has 0 atom stereocenters. The molecule has 0 radical (unpaired) electrons. The van der Waals surface area contributed by atoms with Crippen LogP contribution in [0.1, 0.15) is 37.8 Å². The highest BCUT2D eigenvalue weighted by molar-refractivity contribution is 7.15. The first-order chi connectivity index (χ1) is 9.90. The molecule has 0 saturated carbocycles. The number of nitrogens with zero attached hydrogens (tertiary/aromatic N) is 2. The van der Waals surface area contributed by atoms with Gasteiger partial charge in [-0.2, -0.15) is 0 Å². The summed E-state index contributed by atoms with van der Waals surface area (Å²) in [7, 11) is 0. The van der Waals surface area contributed by atoms with E-state index in [2.05, 4.69) is 15.5 Å². The largest absolute Gasteiger partial charge is 0.300 e. The van der Waals surface area contributed by atoms with Crippen molar-refractivity contribution in [3.63, 3.8) is 0 Å². The number of carbonyl (C=O) groups excluding carboxylic acids is 1. The third-order valence-corrected chi connectivity index (χ3v) is 4.55. The van der Waals surface area contributed by atoms with Crippen molar-refractivity contribution in [2.45, 2.75) is 33.6 Å². The molecule has 1 amide bonds. The summed E-state index contributed by atoms with van der Waals surface area (Å²) in [5, 5.41) is 13.1. The lowest BCUT2D eigenvalue weighted by molar-refractivity contribution is -0.124. The van der Waals surface area contributed by atoms with Crippen molar-refractivity contribution in [3.8, 4) is 0 Å². The smallest absolute Gasteiger partial charge is 0.231 e. The van der Waals surface area contributed by atoms with Gasteiger partial charge in [0.2, 0.25) is 11.0 Å². The second-order valence-corrected chi connectivity index (χ2v) is 6.99. The topological polar surface area (TPSA) is 54.9 Å². The Morgan fingerprint density at radius 3 is 2.57 bits per heavy atom. The second-order valence-electron chi connectivity index (χ2n) is 5.50. The van der Waals surface area contributed by atoms with Crippen molar-refractivity contribution in [2.24, 2.45) is 5.41 Å². The van der Waals surface area contributed by atoms with E-state index in [1.165, 1.54) is 11.3 Å². The van der Waals surface area contributed by atoms with Crippen LogP contribution in [0.4, 0.5) is 5.13 Å². The number of hydrogen-bond acceptors (Lipinski definition) is 4. The lowest BCUT2D eigenvalue weighted by atomic mass is 9.89. The molecule has 0 spiro atoms. The minimum absolute atomic E-state index is 0.0285. The van der Waals surface area contributed by atoms with Crippen LogP contribution >= 0.6 is 22.9 Å². The van der Waals surface area contributed by atoms with E-state index in [9.17, 15) is 4.79 Å². The molecule has 1 aromatic carbocycles. The van der Waals surface area contributed by atoms with Crippen LogP contribution < -0.4 is 5.32 Å². The lowest BCUT2D eigenvalue weighted by Gasteiger charge is -2.20. The van der Waals surface area contributed by atoms with Crippen molar-refractivity contribution in [3.05, 3.63) is 39.9 Å². The number of anilines is 1. The van der Waals surface area contributed by atoms with Gasteiger partial charge in [-0.25, -0.2) is 0 Å². The Kier molecular flexibility index (Phi) is 4.96. The molecule has 1 N–H and O–H groups in total. The van der Waals surface area contributed by atoms with Crippen LogP contribution in [-0.4, -0.2) is 16.1 Å². The highest BCUT2D eigenvalue weighted by atomic mass is 35.5. The predicted molar refractivity (Wildman–Crippen MR) is 86.9 cm³/mol. The zero-order valence-corrected chi connectivity index (χ0v) is 13.9. The summed E-state index contributed by atoms with van der Waals surface area (Å²) in [6, 6.07) is 7.62. The summed E-state index contributed by atoms with van der Waals surface area (Å²) in [5.74, 6) is -0.0285. The number of nitrogens with one attached hydrogen (secondary N) is 1. The average molecular weight is 324 g/mol. The molecule has 1 heterocycles. The zero-order valence-electron chi connectivity index (χ0n) is 12.3. The Hall–Kier alpha value is -1.46. The Labute approximate surface area is 133 Å². The highest BCUT2D eigenvalue weighted by Gasteiger charge is 2.26. The van der Waals surface area contributed by atoms with Gasteiger partial charge in [-0.1, -0.05) is 55.8 Å². The fourth-order valence-electron chi connectivity index (χ4n) is 1.58. The number of halogens is 1. The Morgan fingerprint density at radius 2 is 1.95 bits per heavy atom. The van der Waals surface area contributed by atoms with Gasteiger partial charge in [0.1, 0.15) is 5.01 Å². The van der Waals surface area contributed by atoms with Gasteiger partial charge >= 0.3 is 0 Å². The van der Waals surface area contributed by atoms with Gasteiger partial charge < -0.3 is 5.32 Å². The SMILES string of the molecule is CCC(C)(C)C(=O)Nc1nnc(Cc2ccc(Cl)cc2)s1. The molecule has 4 nitrogen and oxygen atoms in total. The second kappa shape index (κ2) is 6.54. The number of rotatable bonds is 5. The molecule has 21 heavy (non-hydrogen) atoms. The summed E-state index contributed by atoms with van der Waals surface area (Å²) in [5.41, 5.74) is 0.712. The molecule has 0 aliphatic heterocycles. The first-order valence-corrected chi connectivity index (χ1v) is 7.98. The van der Waals surface area contributed by atoms with E-state index in [0.717, 1.165) is 17.0 Å². The highest BCUT2D eigenvalue weighted by Crippen LogP contribution is 2.24. The molecule has 0 bridgehead atoms. The van der Waals surface area contributed by atoms with E-state index in [1.54, 1.807) is 0 Å². The summed E-state index contributed by atoms with van der Waals surface area (Å²) < 4.78 is 0. The minimum atomic E-state index is -0.401. The fraction of sp³-hybridized carbons (Fsp3) is 0.400. The number of hydrogen-bond donors (Lipinski definition) is 1. The molecule has 0 aliphatic rings. The van der Waals surface area contributed by atoms with Gasteiger partial charge in [0.05, 0.1) is 0 Å². The summed E-state index contributed by atoms with van der Waals surface area (Å²) in [4.78, 5) is 12.1. The standard InChI is InChI=1S/C15H18ClN3OS/c1-4-15(2,3)13(20)17-14-19-18-12(21-14)9-10-5-7-11(16)8-6-10/h5-8H,4,9H2,1-3H3,(H,17,19,20). The summed E-state index contributed by atoms with van der Waals surface area (Å²) in [6.45, 7) is 5.82. The first-order valence-electron chi connectivity index (χ1n) is 6.79. The van der Waals surface area contributed by atoms with Gasteiger partial charge in [0.25, 0.3) is 0 Å². The van der Waals surface area contributed by atoms with Crippen LogP contribution in [0.15, 0.2) is 24.3 Å². The maximum absolute atomic E-state index is 12.1. The summed E-state index contributed by atoms with van der Waals surface area (Å²) >= 11 is 7.26. The van der Waals surface area contributed by atoms with E-state index < -0.39 is 5.41 Å². The normalized spacial score (nSPS) is 11.4. The maximum Gasteiger partial charge on any atom is 0.231 e. The van der Waals surface area contributed by atoms with E-state index in [1.807, 2.05) is 45.0 Å².